The molecule has 3 aromatic rings. The summed E-state index contributed by atoms with van der Waals surface area (Å²) in [6, 6.07) is 5.24. The summed E-state index contributed by atoms with van der Waals surface area (Å²) < 4.78 is 27.8. The molecular formula is C27H30O16. The fraction of sp³-hybridized carbons (Fsp3) is 0.444. The van der Waals surface area contributed by atoms with Crippen molar-refractivity contribution in [2.75, 3.05) is 6.61 Å². The molecule has 2 aliphatic heterocycles. The van der Waals surface area contributed by atoms with Gasteiger partial charge in [-0.15, -0.1) is 0 Å². The van der Waals surface area contributed by atoms with Crippen molar-refractivity contribution in [1.82, 2.24) is 0 Å². The number of benzene rings is 2. The predicted octanol–water partition coefficient (Wildman–Crippen LogP) is -1.69. The Morgan fingerprint density at radius 3 is 2.12 bits per heavy atom. The maximum Gasteiger partial charge on any atom is 0.239 e. The van der Waals surface area contributed by atoms with Crippen LogP contribution in [0.4, 0.5) is 0 Å². The zero-order chi connectivity index (χ0) is 31.3. The molecule has 0 spiro atoms. The highest BCUT2D eigenvalue weighted by Crippen LogP contribution is 2.39. The van der Waals surface area contributed by atoms with Gasteiger partial charge in [-0.2, -0.15) is 0 Å². The van der Waals surface area contributed by atoms with Crippen molar-refractivity contribution in [3.05, 3.63) is 40.6 Å². The molecule has 234 valence electrons. The molecular weight excluding hydrogens is 580 g/mol. The largest absolute Gasteiger partial charge is 0.508 e. The van der Waals surface area contributed by atoms with E-state index in [1.165, 1.54) is 13.0 Å². The Morgan fingerprint density at radius 2 is 1.42 bits per heavy atom. The third-order valence-electron chi connectivity index (χ3n) is 7.29. The van der Waals surface area contributed by atoms with E-state index in [1.54, 1.807) is 0 Å². The van der Waals surface area contributed by atoms with E-state index in [4.69, 9.17) is 23.4 Å². The van der Waals surface area contributed by atoms with E-state index in [1.807, 2.05) is 0 Å². The second-order valence-corrected chi connectivity index (χ2v) is 10.3. The number of aliphatic hydroxyl groups excluding tert-OH is 6. The van der Waals surface area contributed by atoms with Crippen LogP contribution in [0.2, 0.25) is 0 Å². The molecule has 2 aliphatic rings. The number of rotatable bonds is 6. The first kappa shape index (κ1) is 30.7. The molecule has 0 aliphatic carbocycles. The van der Waals surface area contributed by atoms with Gasteiger partial charge in [-0.1, -0.05) is 0 Å². The van der Waals surface area contributed by atoms with Crippen LogP contribution in [0.5, 0.6) is 28.7 Å². The first-order chi connectivity index (χ1) is 20.3. The first-order valence-electron chi connectivity index (χ1n) is 13.0. The summed E-state index contributed by atoms with van der Waals surface area (Å²) in [5, 5.41) is 101. The standard InChI is InChI=1S/C27H30O16/c1-8-17(32)20(35)22(37)26(40-8)39-7-15-18(33)21(36)23(38)27(42-15)43-25-19(34)16-13(31)5-10(28)6-14(16)41-24(25)9-2-3-11(29)12(30)4-9/h2-6,8,15,17-18,20-23,26-33,35-38H,7H2,1H3/t8?,15?,17-,18+,20?,21?,22?,23?,26+,27-/m0/s1. The highest BCUT2D eigenvalue weighted by molar-refractivity contribution is 5.88. The van der Waals surface area contributed by atoms with Crippen molar-refractivity contribution in [3.8, 4) is 40.1 Å². The number of hydrogen-bond acceptors (Lipinski definition) is 16. The third kappa shape index (κ3) is 5.67. The summed E-state index contributed by atoms with van der Waals surface area (Å²) in [5.74, 6) is -3.33. The van der Waals surface area contributed by atoms with Gasteiger partial charge in [0.2, 0.25) is 17.5 Å². The van der Waals surface area contributed by atoms with Gasteiger partial charge >= 0.3 is 0 Å². The third-order valence-corrected chi connectivity index (χ3v) is 7.29. The minimum absolute atomic E-state index is 0.0313. The van der Waals surface area contributed by atoms with E-state index in [9.17, 15) is 55.9 Å². The smallest absolute Gasteiger partial charge is 0.239 e. The van der Waals surface area contributed by atoms with E-state index >= 15 is 0 Å². The van der Waals surface area contributed by atoms with Crippen LogP contribution < -0.4 is 10.2 Å². The van der Waals surface area contributed by atoms with Crippen molar-refractivity contribution in [1.29, 1.82) is 0 Å². The summed E-state index contributed by atoms with van der Waals surface area (Å²) in [6.45, 7) is 0.818. The SMILES string of the molecule is CC1O[C@@H](OCC2O[C@@H](Oc3c(-c4ccc(O)c(O)c4)oc4cc(O)cc(O)c4c3=O)C(O)C(O)[C@@H]2O)C(O)C(O)[C@H]1O. The van der Waals surface area contributed by atoms with Gasteiger partial charge in [-0.25, -0.2) is 0 Å². The minimum atomic E-state index is -1.97. The second kappa shape index (κ2) is 11.8. The molecule has 16 heteroatoms. The lowest BCUT2D eigenvalue weighted by Crippen LogP contribution is -2.61. The van der Waals surface area contributed by atoms with E-state index in [0.717, 1.165) is 24.3 Å². The molecule has 43 heavy (non-hydrogen) atoms. The van der Waals surface area contributed by atoms with Gasteiger partial charge in [0.25, 0.3) is 0 Å². The molecule has 6 unspecified atom stereocenters. The van der Waals surface area contributed by atoms with Gasteiger partial charge in [-0.05, 0) is 25.1 Å². The zero-order valence-electron chi connectivity index (χ0n) is 22.3. The van der Waals surface area contributed by atoms with Crippen LogP contribution in [0.25, 0.3) is 22.3 Å². The summed E-state index contributed by atoms with van der Waals surface area (Å²) in [4.78, 5) is 13.6. The van der Waals surface area contributed by atoms with Gasteiger partial charge in [0, 0.05) is 17.7 Å². The molecule has 1 aromatic heterocycles. The molecule has 0 bridgehead atoms. The number of hydrogen-bond donors (Lipinski definition) is 10. The van der Waals surface area contributed by atoms with Crippen molar-refractivity contribution in [2.24, 2.45) is 0 Å². The Kier molecular flexibility index (Phi) is 8.41. The van der Waals surface area contributed by atoms with Crippen molar-refractivity contribution in [3.63, 3.8) is 0 Å². The van der Waals surface area contributed by atoms with Crippen molar-refractivity contribution >= 4 is 11.0 Å². The number of aliphatic hydroxyl groups is 6. The quantitative estimate of drug-likeness (QED) is 0.140. The average molecular weight is 611 g/mol. The first-order valence-corrected chi connectivity index (χ1v) is 13.0. The summed E-state index contributed by atoms with van der Waals surface area (Å²) >= 11 is 0. The van der Waals surface area contributed by atoms with E-state index in [2.05, 4.69) is 0 Å². The Bertz CT molecular complexity index is 1540. The monoisotopic (exact) mass is 610 g/mol. The van der Waals surface area contributed by atoms with E-state index in [-0.39, 0.29) is 11.1 Å². The Morgan fingerprint density at radius 1 is 0.744 bits per heavy atom. The minimum Gasteiger partial charge on any atom is -0.508 e. The molecule has 2 saturated heterocycles. The fourth-order valence-corrected chi connectivity index (χ4v) is 4.84. The van der Waals surface area contributed by atoms with Crippen LogP contribution in [0.3, 0.4) is 0 Å². The van der Waals surface area contributed by atoms with Crippen molar-refractivity contribution < 1.29 is 74.4 Å². The lowest BCUT2D eigenvalue weighted by atomic mass is 9.98. The average Bonchev–Trinajstić information content (AvgIpc) is 2.96. The van der Waals surface area contributed by atoms with Crippen LogP contribution in [0.1, 0.15) is 6.92 Å². The van der Waals surface area contributed by atoms with Crippen LogP contribution in [0.15, 0.2) is 39.5 Å². The zero-order valence-corrected chi connectivity index (χ0v) is 22.3. The number of fused-ring (bicyclic) bond motifs is 1. The Hall–Kier alpha value is -3.71. The summed E-state index contributed by atoms with van der Waals surface area (Å²) in [6.07, 6.45) is -16.2. The van der Waals surface area contributed by atoms with Gasteiger partial charge in [0.1, 0.15) is 65.2 Å². The van der Waals surface area contributed by atoms with Gasteiger partial charge < -0.3 is 74.4 Å². The summed E-state index contributed by atoms with van der Waals surface area (Å²) in [5.41, 5.74) is -1.35. The van der Waals surface area contributed by atoms with Crippen LogP contribution >= 0.6 is 0 Å². The number of aromatic hydroxyl groups is 4. The van der Waals surface area contributed by atoms with E-state index < -0.39 is 113 Å². The topological polar surface area (TPSA) is 269 Å². The van der Waals surface area contributed by atoms with Crippen molar-refractivity contribution in [2.45, 2.75) is 68.3 Å². The highest BCUT2D eigenvalue weighted by Gasteiger charge is 2.47. The molecule has 0 saturated carbocycles. The second-order valence-electron chi connectivity index (χ2n) is 10.3. The number of phenolic OH excluding ortho intramolecular Hbond substituents is 4. The summed E-state index contributed by atoms with van der Waals surface area (Å²) in [7, 11) is 0. The Labute approximate surface area is 241 Å². The normalized spacial score (nSPS) is 33.0. The highest BCUT2D eigenvalue weighted by atomic mass is 16.7. The molecule has 2 aromatic carbocycles. The maximum atomic E-state index is 13.6. The van der Waals surface area contributed by atoms with Crippen LogP contribution in [0, 0.1) is 0 Å². The fourth-order valence-electron chi connectivity index (χ4n) is 4.84. The van der Waals surface area contributed by atoms with Crippen LogP contribution in [-0.2, 0) is 14.2 Å². The molecule has 5 rings (SSSR count). The number of phenols is 4. The van der Waals surface area contributed by atoms with Gasteiger partial charge in [-0.3, -0.25) is 4.79 Å². The molecule has 10 atom stereocenters. The molecule has 2 fully saturated rings. The lowest BCUT2D eigenvalue weighted by molar-refractivity contribution is -0.318. The maximum absolute atomic E-state index is 13.6. The van der Waals surface area contributed by atoms with E-state index in [0.29, 0.717) is 0 Å². The predicted molar refractivity (Wildman–Crippen MR) is 140 cm³/mol. The molecule has 3 heterocycles. The lowest BCUT2D eigenvalue weighted by Gasteiger charge is -2.42. The molecule has 16 nitrogen and oxygen atoms in total. The van der Waals surface area contributed by atoms with Gasteiger partial charge in [0.05, 0.1) is 12.7 Å². The molecule has 10 N–H and O–H groups in total. The number of ether oxygens (including phenoxy) is 4. The molecule has 0 amide bonds. The molecule has 0 radical (unpaired) electrons. The Balaban J connectivity index is 1.48. The van der Waals surface area contributed by atoms with Gasteiger partial charge in [0.15, 0.2) is 23.5 Å². The van der Waals surface area contributed by atoms with Crippen LogP contribution in [-0.4, -0.2) is 119 Å².